The molecule has 0 bridgehead atoms. The van der Waals surface area contributed by atoms with Crippen LogP contribution in [0.4, 0.5) is 0 Å². The van der Waals surface area contributed by atoms with E-state index >= 15 is 0 Å². The maximum absolute atomic E-state index is 11.4. The first-order valence-electron chi connectivity index (χ1n) is 6.15. The maximum atomic E-state index is 11.4. The van der Waals surface area contributed by atoms with Gasteiger partial charge in [-0.05, 0) is 35.2 Å². The SMILES string of the molecule is COc1cc(/C=C(/C(=O)O)c2cccs2)cc2c1OCO2. The molecule has 2 aromatic rings. The fourth-order valence-electron chi connectivity index (χ4n) is 2.07. The highest BCUT2D eigenvalue weighted by atomic mass is 32.1. The quantitative estimate of drug-likeness (QED) is 0.879. The third-order valence-electron chi connectivity index (χ3n) is 3.01. The Morgan fingerprint density at radius 3 is 2.95 bits per heavy atom. The first kappa shape index (κ1) is 13.5. The normalized spacial score (nSPS) is 13.3. The van der Waals surface area contributed by atoms with Crippen molar-refractivity contribution in [2.45, 2.75) is 0 Å². The molecule has 0 spiro atoms. The van der Waals surface area contributed by atoms with Gasteiger partial charge >= 0.3 is 5.97 Å². The number of aliphatic carboxylic acids is 1. The zero-order valence-electron chi connectivity index (χ0n) is 11.2. The minimum Gasteiger partial charge on any atom is -0.493 e. The molecule has 0 aliphatic carbocycles. The van der Waals surface area contributed by atoms with Gasteiger partial charge in [0.05, 0.1) is 12.7 Å². The number of carbonyl (C=O) groups is 1. The Hall–Kier alpha value is -2.47. The first-order valence-corrected chi connectivity index (χ1v) is 7.03. The summed E-state index contributed by atoms with van der Waals surface area (Å²) in [5.41, 5.74) is 0.910. The third kappa shape index (κ3) is 2.57. The van der Waals surface area contributed by atoms with Crippen LogP contribution in [-0.4, -0.2) is 25.0 Å². The van der Waals surface area contributed by atoms with Crippen LogP contribution in [0, 0.1) is 0 Å². The van der Waals surface area contributed by atoms with Gasteiger partial charge in [0, 0.05) is 4.88 Å². The van der Waals surface area contributed by atoms with E-state index in [1.54, 1.807) is 24.3 Å². The van der Waals surface area contributed by atoms with E-state index in [4.69, 9.17) is 14.2 Å². The average molecular weight is 304 g/mol. The molecule has 1 aromatic carbocycles. The molecule has 2 heterocycles. The van der Waals surface area contributed by atoms with Crippen molar-refractivity contribution >= 4 is 29.0 Å². The monoisotopic (exact) mass is 304 g/mol. The van der Waals surface area contributed by atoms with Gasteiger partial charge in [-0.25, -0.2) is 4.79 Å². The molecule has 0 saturated heterocycles. The highest BCUT2D eigenvalue weighted by Crippen LogP contribution is 2.42. The van der Waals surface area contributed by atoms with Gasteiger partial charge in [0.2, 0.25) is 12.5 Å². The summed E-state index contributed by atoms with van der Waals surface area (Å²) in [5, 5.41) is 11.2. The Kier molecular flexibility index (Phi) is 3.53. The van der Waals surface area contributed by atoms with E-state index in [-0.39, 0.29) is 12.4 Å². The van der Waals surface area contributed by atoms with Crippen molar-refractivity contribution < 1.29 is 24.1 Å². The van der Waals surface area contributed by atoms with Crippen LogP contribution in [0.15, 0.2) is 29.6 Å². The number of benzene rings is 1. The van der Waals surface area contributed by atoms with E-state index in [9.17, 15) is 9.90 Å². The number of hydrogen-bond acceptors (Lipinski definition) is 5. The lowest BCUT2D eigenvalue weighted by Crippen LogP contribution is -1.97. The molecule has 0 atom stereocenters. The summed E-state index contributed by atoms with van der Waals surface area (Å²) in [4.78, 5) is 12.1. The lowest BCUT2D eigenvalue weighted by Gasteiger charge is -2.06. The predicted octanol–water partition coefficient (Wildman–Crippen LogP) is 3.11. The average Bonchev–Trinajstić information content (AvgIpc) is 3.14. The van der Waals surface area contributed by atoms with E-state index < -0.39 is 5.97 Å². The standard InChI is InChI=1S/C15H12O5S/c1-18-11-6-9(7-12-14(11)20-8-19-12)5-10(15(16)17)13-3-2-4-21-13/h2-7H,8H2,1H3,(H,16,17)/b10-5+. The second kappa shape index (κ2) is 5.49. The Balaban J connectivity index is 2.07. The fraction of sp³-hybridized carbons (Fsp3) is 0.133. The Bertz CT molecular complexity index is 703. The summed E-state index contributed by atoms with van der Waals surface area (Å²) >= 11 is 1.38. The van der Waals surface area contributed by atoms with Crippen LogP contribution < -0.4 is 14.2 Å². The van der Waals surface area contributed by atoms with Crippen molar-refractivity contribution in [1.82, 2.24) is 0 Å². The van der Waals surface area contributed by atoms with Crippen molar-refractivity contribution in [3.8, 4) is 17.2 Å². The number of rotatable bonds is 4. The summed E-state index contributed by atoms with van der Waals surface area (Å²) in [5.74, 6) is 0.639. The number of thiophene rings is 1. The summed E-state index contributed by atoms with van der Waals surface area (Å²) < 4.78 is 15.9. The van der Waals surface area contributed by atoms with Crippen molar-refractivity contribution in [2.75, 3.05) is 13.9 Å². The van der Waals surface area contributed by atoms with Crippen molar-refractivity contribution in [2.24, 2.45) is 0 Å². The second-order valence-corrected chi connectivity index (χ2v) is 5.25. The number of methoxy groups -OCH3 is 1. The van der Waals surface area contributed by atoms with E-state index in [1.807, 2.05) is 11.4 Å². The largest absolute Gasteiger partial charge is 0.493 e. The van der Waals surface area contributed by atoms with Gasteiger partial charge in [-0.3, -0.25) is 0 Å². The van der Waals surface area contributed by atoms with E-state index in [0.717, 1.165) is 0 Å². The first-order chi connectivity index (χ1) is 10.2. The molecular weight excluding hydrogens is 292 g/mol. The molecule has 108 valence electrons. The fourth-order valence-corrected chi connectivity index (χ4v) is 2.80. The van der Waals surface area contributed by atoms with E-state index in [1.165, 1.54) is 18.4 Å². The lowest BCUT2D eigenvalue weighted by atomic mass is 10.1. The highest BCUT2D eigenvalue weighted by Gasteiger charge is 2.20. The smallest absolute Gasteiger partial charge is 0.337 e. The number of ether oxygens (including phenoxy) is 3. The van der Waals surface area contributed by atoms with Crippen LogP contribution in [0.3, 0.4) is 0 Å². The molecule has 1 aliphatic rings. The van der Waals surface area contributed by atoms with E-state index in [2.05, 4.69) is 0 Å². The summed E-state index contributed by atoms with van der Waals surface area (Å²) in [7, 11) is 1.53. The minimum absolute atomic E-state index is 0.134. The zero-order valence-corrected chi connectivity index (χ0v) is 12.0. The van der Waals surface area contributed by atoms with Crippen molar-refractivity contribution in [3.05, 3.63) is 40.1 Å². The van der Waals surface area contributed by atoms with Crippen LogP contribution in [0.1, 0.15) is 10.4 Å². The Labute approximate surface area is 125 Å². The van der Waals surface area contributed by atoms with Crippen LogP contribution in [0.2, 0.25) is 0 Å². The summed E-state index contributed by atoms with van der Waals surface area (Å²) in [6, 6.07) is 7.05. The molecule has 6 heteroatoms. The van der Waals surface area contributed by atoms with Gasteiger partial charge in [0.15, 0.2) is 11.5 Å². The van der Waals surface area contributed by atoms with Gasteiger partial charge in [-0.2, -0.15) is 0 Å². The van der Waals surface area contributed by atoms with E-state index in [0.29, 0.717) is 27.7 Å². The predicted molar refractivity (Wildman–Crippen MR) is 78.9 cm³/mol. The van der Waals surface area contributed by atoms with Crippen molar-refractivity contribution in [1.29, 1.82) is 0 Å². The Morgan fingerprint density at radius 2 is 2.29 bits per heavy atom. The molecule has 1 N–H and O–H groups in total. The van der Waals surface area contributed by atoms with Gasteiger partial charge in [0.25, 0.3) is 0 Å². The molecule has 0 unspecified atom stereocenters. The maximum Gasteiger partial charge on any atom is 0.337 e. The molecule has 5 nitrogen and oxygen atoms in total. The van der Waals surface area contributed by atoms with Gasteiger partial charge < -0.3 is 19.3 Å². The third-order valence-corrected chi connectivity index (χ3v) is 3.91. The molecule has 0 radical (unpaired) electrons. The number of hydrogen-bond donors (Lipinski definition) is 1. The number of fused-ring (bicyclic) bond motifs is 1. The molecule has 3 rings (SSSR count). The molecule has 1 aliphatic heterocycles. The van der Waals surface area contributed by atoms with Gasteiger partial charge in [-0.15, -0.1) is 11.3 Å². The molecular formula is C15H12O5S. The van der Waals surface area contributed by atoms with Crippen LogP contribution >= 0.6 is 11.3 Å². The summed E-state index contributed by atoms with van der Waals surface area (Å²) in [6.45, 7) is 0.134. The van der Waals surface area contributed by atoms with Crippen LogP contribution in [0.25, 0.3) is 11.6 Å². The van der Waals surface area contributed by atoms with Gasteiger partial charge in [-0.1, -0.05) is 6.07 Å². The second-order valence-electron chi connectivity index (χ2n) is 4.30. The summed E-state index contributed by atoms with van der Waals surface area (Å²) in [6.07, 6.45) is 1.60. The van der Waals surface area contributed by atoms with Crippen LogP contribution in [-0.2, 0) is 4.79 Å². The molecule has 21 heavy (non-hydrogen) atoms. The molecule has 0 saturated carbocycles. The highest BCUT2D eigenvalue weighted by molar-refractivity contribution is 7.11. The zero-order chi connectivity index (χ0) is 14.8. The topological polar surface area (TPSA) is 65.0 Å². The molecule has 1 aromatic heterocycles. The van der Waals surface area contributed by atoms with Gasteiger partial charge in [0.1, 0.15) is 0 Å². The van der Waals surface area contributed by atoms with Crippen LogP contribution in [0.5, 0.6) is 17.2 Å². The Morgan fingerprint density at radius 1 is 1.43 bits per heavy atom. The van der Waals surface area contributed by atoms with Crippen molar-refractivity contribution in [3.63, 3.8) is 0 Å². The lowest BCUT2D eigenvalue weighted by molar-refractivity contribution is -0.130. The number of carboxylic acids is 1. The number of carboxylic acid groups (broad SMARTS) is 1. The minimum atomic E-state index is -0.978. The molecule has 0 amide bonds. The molecule has 0 fully saturated rings.